The van der Waals surface area contributed by atoms with Crippen LogP contribution in [0.25, 0.3) is 0 Å². The zero-order valence-electron chi connectivity index (χ0n) is 10.2. The van der Waals surface area contributed by atoms with E-state index in [9.17, 15) is 0 Å². The fraction of sp³-hybridized carbons (Fsp3) is 0.545. The van der Waals surface area contributed by atoms with E-state index in [4.69, 9.17) is 15.3 Å². The molecule has 1 aromatic rings. The Morgan fingerprint density at radius 3 is 1.20 bits per heavy atom. The summed E-state index contributed by atoms with van der Waals surface area (Å²) in [6.45, 7) is 4.41. The first-order chi connectivity index (χ1) is 6.80. The Labute approximate surface area is 108 Å². The molecule has 3 nitrogen and oxygen atoms in total. The molecule has 0 atom stereocenters. The maximum atomic E-state index is 7.00. The Bertz CT molecular complexity index is 151. The van der Waals surface area contributed by atoms with Gasteiger partial charge in [0, 0.05) is 43.0 Å². The number of aliphatic hydroxyl groups is 3. The molecule has 15 heavy (non-hydrogen) atoms. The van der Waals surface area contributed by atoms with Gasteiger partial charge < -0.3 is 15.3 Å². The van der Waals surface area contributed by atoms with E-state index in [1.165, 1.54) is 5.56 Å². The molecule has 0 aromatic heterocycles. The van der Waals surface area contributed by atoms with Crippen molar-refractivity contribution in [1.82, 2.24) is 0 Å². The van der Waals surface area contributed by atoms with Crippen LogP contribution in [0.5, 0.6) is 0 Å². The molecule has 0 aliphatic rings. The number of hydrogen-bond donors (Lipinski definition) is 3. The zero-order valence-corrected chi connectivity index (χ0v) is 11.8. The van der Waals surface area contributed by atoms with E-state index in [0.717, 1.165) is 21.3 Å². The first-order valence-electron chi connectivity index (χ1n) is 4.36. The van der Waals surface area contributed by atoms with Gasteiger partial charge in [0.15, 0.2) is 0 Å². The van der Waals surface area contributed by atoms with Crippen LogP contribution in [-0.2, 0) is 21.7 Å². The molecule has 0 saturated carbocycles. The van der Waals surface area contributed by atoms with Crippen LogP contribution < -0.4 is 0 Å². The van der Waals surface area contributed by atoms with E-state index in [1.54, 1.807) is 0 Å². The Morgan fingerprint density at radius 1 is 0.800 bits per heavy atom. The molecule has 4 heteroatoms. The van der Waals surface area contributed by atoms with Crippen molar-refractivity contribution < 1.29 is 37.0 Å². The molecule has 0 saturated heterocycles. The third kappa shape index (κ3) is 16.6. The van der Waals surface area contributed by atoms with Crippen molar-refractivity contribution in [2.24, 2.45) is 0 Å². The molecule has 0 fully saturated rings. The van der Waals surface area contributed by atoms with Gasteiger partial charge in [0.05, 0.1) is 0 Å². The summed E-state index contributed by atoms with van der Waals surface area (Å²) in [6, 6.07) is 8.47. The first kappa shape index (κ1) is 24.3. The summed E-state index contributed by atoms with van der Waals surface area (Å²) in [5.74, 6) is 0.685. The third-order valence-corrected chi connectivity index (χ3v) is 1.36. The summed E-state index contributed by atoms with van der Waals surface area (Å²) in [5.41, 5.74) is 1.44. The summed E-state index contributed by atoms with van der Waals surface area (Å²) in [5, 5.41) is 21.0. The minimum atomic E-state index is 0. The summed E-state index contributed by atoms with van der Waals surface area (Å²) >= 11 is 0. The van der Waals surface area contributed by atoms with Gasteiger partial charge in [-0.2, -0.15) is 17.7 Å². The summed E-state index contributed by atoms with van der Waals surface area (Å²) in [6.07, 6.45) is 0. The zero-order chi connectivity index (χ0) is 12.0. The van der Waals surface area contributed by atoms with Gasteiger partial charge >= 0.3 is 0 Å². The standard InChI is InChI=1S/C8H11.3CH4O.Ti/c1-7(2)8-5-3-4-6-8;3*1-2;/h3-7H,1-2H3;3*2H,1H3;/q-1;;;;. The van der Waals surface area contributed by atoms with Crippen molar-refractivity contribution in [3.05, 3.63) is 29.8 Å². The SMILES string of the molecule is CC(C)[c-]1cccc1.CO.CO.CO.[Ti]. The number of hydrogen-bond acceptors (Lipinski definition) is 3. The molecule has 0 radical (unpaired) electrons. The fourth-order valence-electron chi connectivity index (χ4n) is 0.774. The molecule has 3 N–H and O–H groups in total. The molecule has 1 aromatic carbocycles. The van der Waals surface area contributed by atoms with E-state index >= 15 is 0 Å². The van der Waals surface area contributed by atoms with E-state index in [2.05, 4.69) is 38.1 Å². The normalized spacial score (nSPS) is 6.73. The first-order valence-corrected chi connectivity index (χ1v) is 4.36. The van der Waals surface area contributed by atoms with Crippen LogP contribution in [0, 0.1) is 0 Å². The van der Waals surface area contributed by atoms with Crippen LogP contribution >= 0.6 is 0 Å². The van der Waals surface area contributed by atoms with Crippen molar-refractivity contribution in [3.63, 3.8) is 0 Å². The average Bonchev–Trinajstić information content (AvgIpc) is 2.80. The molecule has 0 bridgehead atoms. The van der Waals surface area contributed by atoms with E-state index < -0.39 is 0 Å². The maximum Gasteiger partial charge on any atom is 0.0319 e. The molecular weight excluding hydrogens is 228 g/mol. The molecule has 0 spiro atoms. The average molecular weight is 251 g/mol. The smallest absolute Gasteiger partial charge is 0.0319 e. The third-order valence-electron chi connectivity index (χ3n) is 1.36. The summed E-state index contributed by atoms with van der Waals surface area (Å²) in [4.78, 5) is 0. The second kappa shape index (κ2) is 23.6. The number of aliphatic hydroxyl groups excluding tert-OH is 3. The second-order valence-corrected chi connectivity index (χ2v) is 2.37. The molecule has 1 rings (SSSR count). The topological polar surface area (TPSA) is 60.7 Å². The Kier molecular flexibility index (Phi) is 38.2. The Hall–Kier alpha value is -0.0557. The quantitative estimate of drug-likeness (QED) is 0.521. The molecule has 90 valence electrons. The maximum absolute atomic E-state index is 7.00. The predicted octanol–water partition coefficient (Wildman–Crippen LogP) is 1.35. The summed E-state index contributed by atoms with van der Waals surface area (Å²) < 4.78 is 0. The van der Waals surface area contributed by atoms with Crippen molar-refractivity contribution >= 4 is 0 Å². The largest absolute Gasteiger partial charge is 0.400 e. The van der Waals surface area contributed by atoms with Crippen molar-refractivity contribution in [2.75, 3.05) is 21.3 Å². The Balaban J connectivity index is -0.0000000755. The minimum Gasteiger partial charge on any atom is -0.400 e. The van der Waals surface area contributed by atoms with Crippen LogP contribution in [0.15, 0.2) is 24.3 Å². The summed E-state index contributed by atoms with van der Waals surface area (Å²) in [7, 11) is 3.00. The predicted molar refractivity (Wildman–Crippen MR) is 60.6 cm³/mol. The van der Waals surface area contributed by atoms with Gasteiger partial charge in [0.2, 0.25) is 0 Å². The van der Waals surface area contributed by atoms with Gasteiger partial charge in [-0.25, -0.2) is 12.1 Å². The molecule has 0 aliphatic heterocycles. The molecule has 0 amide bonds. The molecule has 0 unspecified atom stereocenters. The van der Waals surface area contributed by atoms with Gasteiger partial charge in [-0.3, -0.25) is 0 Å². The fourth-order valence-corrected chi connectivity index (χ4v) is 0.774. The van der Waals surface area contributed by atoms with Crippen molar-refractivity contribution in [3.8, 4) is 0 Å². The molecule has 0 aliphatic carbocycles. The number of rotatable bonds is 1. The van der Waals surface area contributed by atoms with Gasteiger partial charge in [0.1, 0.15) is 0 Å². The van der Waals surface area contributed by atoms with Crippen molar-refractivity contribution in [1.29, 1.82) is 0 Å². The van der Waals surface area contributed by atoms with E-state index in [-0.39, 0.29) is 21.7 Å². The minimum absolute atomic E-state index is 0. The van der Waals surface area contributed by atoms with Gasteiger partial charge in [-0.05, 0) is 0 Å². The Morgan fingerprint density at radius 2 is 1.07 bits per heavy atom. The molecule has 0 heterocycles. The van der Waals surface area contributed by atoms with Crippen LogP contribution in [0.3, 0.4) is 0 Å². The van der Waals surface area contributed by atoms with Gasteiger partial charge in [-0.1, -0.05) is 19.8 Å². The van der Waals surface area contributed by atoms with E-state index in [0.29, 0.717) is 5.92 Å². The van der Waals surface area contributed by atoms with Crippen LogP contribution in [0.4, 0.5) is 0 Å². The molecular formula is C11H23O3Ti-. The monoisotopic (exact) mass is 251 g/mol. The van der Waals surface area contributed by atoms with Crippen LogP contribution in [-0.4, -0.2) is 36.6 Å². The van der Waals surface area contributed by atoms with Crippen LogP contribution in [0.1, 0.15) is 25.3 Å². The second-order valence-electron chi connectivity index (χ2n) is 2.37. The van der Waals surface area contributed by atoms with E-state index in [1.807, 2.05) is 0 Å². The van der Waals surface area contributed by atoms with Crippen molar-refractivity contribution in [2.45, 2.75) is 19.8 Å². The van der Waals surface area contributed by atoms with Gasteiger partial charge in [-0.15, -0.1) is 0 Å². The van der Waals surface area contributed by atoms with Crippen LogP contribution in [0.2, 0.25) is 0 Å². The van der Waals surface area contributed by atoms with Gasteiger partial charge in [0.25, 0.3) is 0 Å².